The molecule has 2 nitrogen and oxygen atoms in total. The number of rotatable bonds is 7. The molecular weight excluding hydrogens is 308 g/mol. The zero-order valence-electron chi connectivity index (χ0n) is 17.6. The van der Waals surface area contributed by atoms with Crippen LogP contribution in [0.3, 0.4) is 0 Å². The predicted molar refractivity (Wildman–Crippen MR) is 106 cm³/mol. The first-order valence-electron chi connectivity index (χ1n) is 9.84. The SMILES string of the molecule is CC(C)=CCC[C@]1(C)[C@@H](CC=C(C)C)C[C@H](C)C(=O)[C@H]1C(=O)C(C)C. The Morgan fingerprint density at radius 2 is 1.72 bits per heavy atom. The third-order valence-corrected chi connectivity index (χ3v) is 5.90. The fourth-order valence-corrected chi connectivity index (χ4v) is 4.22. The number of carbonyl (C=O) groups is 2. The van der Waals surface area contributed by atoms with Crippen LogP contribution in [0.2, 0.25) is 0 Å². The molecule has 0 spiro atoms. The first-order valence-corrected chi connectivity index (χ1v) is 9.84. The third kappa shape index (κ3) is 5.39. The summed E-state index contributed by atoms with van der Waals surface area (Å²) in [6, 6.07) is 0. The highest BCUT2D eigenvalue weighted by Gasteiger charge is 2.52. The molecule has 0 aromatic carbocycles. The average Bonchev–Trinajstić information content (AvgIpc) is 2.49. The summed E-state index contributed by atoms with van der Waals surface area (Å²) in [4.78, 5) is 26.0. The molecule has 0 N–H and O–H groups in total. The fraction of sp³-hybridized carbons (Fsp3) is 0.739. The van der Waals surface area contributed by atoms with E-state index in [1.165, 1.54) is 11.1 Å². The normalized spacial score (nSPS) is 29.5. The summed E-state index contributed by atoms with van der Waals surface area (Å²) in [5.41, 5.74) is 2.36. The van der Waals surface area contributed by atoms with Crippen molar-refractivity contribution in [1.82, 2.24) is 0 Å². The molecule has 2 heteroatoms. The molecule has 0 saturated heterocycles. The van der Waals surface area contributed by atoms with Gasteiger partial charge in [-0.15, -0.1) is 0 Å². The van der Waals surface area contributed by atoms with Gasteiger partial charge in [-0.2, -0.15) is 0 Å². The van der Waals surface area contributed by atoms with Crippen LogP contribution in [0.4, 0.5) is 0 Å². The van der Waals surface area contributed by atoms with Gasteiger partial charge in [-0.25, -0.2) is 0 Å². The van der Waals surface area contributed by atoms with Gasteiger partial charge in [-0.05, 0) is 64.7 Å². The topological polar surface area (TPSA) is 34.1 Å². The summed E-state index contributed by atoms with van der Waals surface area (Å²) in [6.45, 7) is 16.5. The smallest absolute Gasteiger partial charge is 0.146 e. The number of Topliss-reactive ketones (excluding diaryl/α,β-unsaturated/α-hetero) is 2. The van der Waals surface area contributed by atoms with Crippen LogP contribution in [0.1, 0.15) is 81.1 Å². The summed E-state index contributed by atoms with van der Waals surface area (Å²) in [5, 5.41) is 0. The van der Waals surface area contributed by atoms with Gasteiger partial charge >= 0.3 is 0 Å². The maximum atomic E-state index is 13.0. The van der Waals surface area contributed by atoms with Crippen LogP contribution in [0.5, 0.6) is 0 Å². The van der Waals surface area contributed by atoms with Gasteiger partial charge in [0.15, 0.2) is 0 Å². The molecule has 1 rings (SSSR count). The highest BCUT2D eigenvalue weighted by Crippen LogP contribution is 2.51. The van der Waals surface area contributed by atoms with Crippen molar-refractivity contribution in [3.05, 3.63) is 23.3 Å². The molecule has 25 heavy (non-hydrogen) atoms. The number of hydrogen-bond acceptors (Lipinski definition) is 2. The molecule has 1 fully saturated rings. The fourth-order valence-electron chi connectivity index (χ4n) is 4.22. The van der Waals surface area contributed by atoms with E-state index in [0.717, 1.165) is 25.7 Å². The number of carbonyl (C=O) groups excluding carboxylic acids is 2. The predicted octanol–water partition coefficient (Wildman–Crippen LogP) is 6.16. The van der Waals surface area contributed by atoms with Crippen LogP contribution in [-0.4, -0.2) is 11.6 Å². The van der Waals surface area contributed by atoms with Crippen molar-refractivity contribution in [2.45, 2.75) is 81.1 Å². The Balaban J connectivity index is 3.28. The number of hydrogen-bond donors (Lipinski definition) is 0. The van der Waals surface area contributed by atoms with Crippen molar-refractivity contribution in [2.24, 2.45) is 29.1 Å². The van der Waals surface area contributed by atoms with Crippen LogP contribution in [0.25, 0.3) is 0 Å². The molecule has 1 saturated carbocycles. The molecule has 0 aromatic rings. The van der Waals surface area contributed by atoms with E-state index in [2.05, 4.69) is 46.8 Å². The highest BCUT2D eigenvalue weighted by atomic mass is 16.2. The molecule has 0 heterocycles. The number of allylic oxidation sites excluding steroid dienone is 4. The minimum atomic E-state index is -0.447. The van der Waals surface area contributed by atoms with E-state index in [4.69, 9.17) is 0 Å². The Morgan fingerprint density at radius 1 is 1.16 bits per heavy atom. The monoisotopic (exact) mass is 346 g/mol. The lowest BCUT2D eigenvalue weighted by atomic mass is 9.53. The Bertz CT molecular complexity index is 536. The zero-order chi connectivity index (χ0) is 19.4. The minimum absolute atomic E-state index is 0.0141. The van der Waals surface area contributed by atoms with Gasteiger partial charge in [0.1, 0.15) is 11.6 Å². The van der Waals surface area contributed by atoms with E-state index in [1.54, 1.807) is 0 Å². The van der Waals surface area contributed by atoms with Crippen LogP contribution in [0, 0.1) is 29.1 Å². The largest absolute Gasteiger partial charge is 0.299 e. The van der Waals surface area contributed by atoms with Crippen molar-refractivity contribution in [1.29, 1.82) is 0 Å². The Morgan fingerprint density at radius 3 is 2.20 bits per heavy atom. The van der Waals surface area contributed by atoms with Gasteiger partial charge in [-0.3, -0.25) is 9.59 Å². The van der Waals surface area contributed by atoms with E-state index in [0.29, 0.717) is 5.92 Å². The first kappa shape index (κ1) is 21.9. The average molecular weight is 347 g/mol. The lowest BCUT2D eigenvalue weighted by Gasteiger charge is -2.48. The van der Waals surface area contributed by atoms with E-state index < -0.39 is 5.92 Å². The summed E-state index contributed by atoms with van der Waals surface area (Å²) >= 11 is 0. The first-order chi connectivity index (χ1) is 11.5. The van der Waals surface area contributed by atoms with Crippen LogP contribution < -0.4 is 0 Å². The number of ketones is 2. The Hall–Kier alpha value is -1.18. The second-order valence-electron chi connectivity index (χ2n) is 9.07. The van der Waals surface area contributed by atoms with Crippen LogP contribution in [0.15, 0.2) is 23.3 Å². The minimum Gasteiger partial charge on any atom is -0.299 e. The Kier molecular flexibility index (Phi) is 7.84. The maximum absolute atomic E-state index is 13.0. The van der Waals surface area contributed by atoms with Gasteiger partial charge < -0.3 is 0 Å². The molecule has 0 unspecified atom stereocenters. The van der Waals surface area contributed by atoms with E-state index >= 15 is 0 Å². The van der Waals surface area contributed by atoms with Crippen molar-refractivity contribution in [3.63, 3.8) is 0 Å². The van der Waals surface area contributed by atoms with E-state index in [9.17, 15) is 9.59 Å². The molecule has 0 aliphatic heterocycles. The molecule has 4 atom stereocenters. The van der Waals surface area contributed by atoms with Crippen LogP contribution in [-0.2, 0) is 9.59 Å². The van der Waals surface area contributed by atoms with Gasteiger partial charge in [0.05, 0.1) is 5.92 Å². The molecule has 0 bridgehead atoms. The van der Waals surface area contributed by atoms with E-state index in [1.807, 2.05) is 20.8 Å². The highest BCUT2D eigenvalue weighted by molar-refractivity contribution is 6.05. The summed E-state index contributed by atoms with van der Waals surface area (Å²) in [7, 11) is 0. The lowest BCUT2D eigenvalue weighted by molar-refractivity contribution is -0.150. The molecular formula is C23H38O2. The van der Waals surface area contributed by atoms with Gasteiger partial charge in [0.25, 0.3) is 0 Å². The summed E-state index contributed by atoms with van der Waals surface area (Å²) < 4.78 is 0. The second kappa shape index (κ2) is 8.96. The van der Waals surface area contributed by atoms with Gasteiger partial charge in [0, 0.05) is 11.8 Å². The van der Waals surface area contributed by atoms with Crippen molar-refractivity contribution >= 4 is 11.6 Å². The van der Waals surface area contributed by atoms with Gasteiger partial charge in [-0.1, -0.05) is 51.0 Å². The Labute approximate surface area is 155 Å². The molecule has 0 aromatic heterocycles. The molecule has 0 radical (unpaired) electrons. The molecule has 142 valence electrons. The molecule has 0 amide bonds. The maximum Gasteiger partial charge on any atom is 0.146 e. The lowest BCUT2D eigenvalue weighted by Crippen LogP contribution is -2.51. The summed E-state index contributed by atoms with van der Waals surface area (Å²) in [6.07, 6.45) is 8.23. The molecule has 1 aliphatic rings. The van der Waals surface area contributed by atoms with E-state index in [-0.39, 0.29) is 28.8 Å². The van der Waals surface area contributed by atoms with Crippen LogP contribution >= 0.6 is 0 Å². The second-order valence-corrected chi connectivity index (χ2v) is 9.07. The third-order valence-electron chi connectivity index (χ3n) is 5.90. The van der Waals surface area contributed by atoms with Crippen molar-refractivity contribution in [2.75, 3.05) is 0 Å². The molecule has 1 aliphatic carbocycles. The quantitative estimate of drug-likeness (QED) is 0.408. The standard InChI is InChI=1S/C23H38O2/c1-15(2)10-9-13-23(8)19(12-11-16(3)4)14-18(7)22(25)20(23)21(24)17(5)6/h10-11,17-20H,9,12-14H2,1-8H3/t18-,19-,20+,23+/m0/s1. The van der Waals surface area contributed by atoms with Gasteiger partial charge in [0.2, 0.25) is 0 Å². The van der Waals surface area contributed by atoms with Crippen molar-refractivity contribution in [3.8, 4) is 0 Å². The van der Waals surface area contributed by atoms with Crippen molar-refractivity contribution < 1.29 is 9.59 Å². The summed E-state index contributed by atoms with van der Waals surface area (Å²) in [5.74, 6) is 0.141. The zero-order valence-corrected chi connectivity index (χ0v) is 17.6.